The van der Waals surface area contributed by atoms with Gasteiger partial charge in [-0.3, -0.25) is 9.59 Å². The van der Waals surface area contributed by atoms with Crippen LogP contribution >= 0.6 is 0 Å². The number of methoxy groups -OCH3 is 1. The van der Waals surface area contributed by atoms with E-state index in [2.05, 4.69) is 10.2 Å². The van der Waals surface area contributed by atoms with Crippen LogP contribution in [0, 0.1) is 0 Å². The van der Waals surface area contributed by atoms with E-state index in [0.29, 0.717) is 23.4 Å². The van der Waals surface area contributed by atoms with Gasteiger partial charge in [-0.2, -0.15) is 0 Å². The summed E-state index contributed by atoms with van der Waals surface area (Å²) in [4.78, 5) is 26.4. The molecule has 2 amide bonds. The van der Waals surface area contributed by atoms with Gasteiger partial charge in [0.25, 0.3) is 5.91 Å². The summed E-state index contributed by atoms with van der Waals surface area (Å²) in [6.45, 7) is 2.37. The highest BCUT2D eigenvalue weighted by molar-refractivity contribution is 6.07. The third-order valence-electron chi connectivity index (χ3n) is 4.50. The Morgan fingerprint density at radius 1 is 1.08 bits per heavy atom. The van der Waals surface area contributed by atoms with Gasteiger partial charge in [0, 0.05) is 31.3 Å². The van der Waals surface area contributed by atoms with Crippen LogP contribution in [0.25, 0.3) is 0 Å². The smallest absolute Gasteiger partial charge is 0.255 e. The lowest BCUT2D eigenvalue weighted by atomic mass is 10.1. The second-order valence-corrected chi connectivity index (χ2v) is 6.37. The number of ether oxygens (including phenoxy) is 1. The average Bonchev–Trinajstić information content (AvgIpc) is 3.17. The Morgan fingerprint density at radius 2 is 1.73 bits per heavy atom. The van der Waals surface area contributed by atoms with Gasteiger partial charge in [-0.1, -0.05) is 12.1 Å². The van der Waals surface area contributed by atoms with Gasteiger partial charge in [-0.25, -0.2) is 0 Å². The summed E-state index contributed by atoms with van der Waals surface area (Å²) in [5, 5.41) is 2.93. The number of carbonyl (C=O) groups excluding carboxylic acids is 2. The Balaban J connectivity index is 1.85. The molecule has 6 heteroatoms. The van der Waals surface area contributed by atoms with Crippen molar-refractivity contribution in [3.05, 3.63) is 59.2 Å². The maximum absolute atomic E-state index is 12.7. The van der Waals surface area contributed by atoms with E-state index in [1.165, 1.54) is 0 Å². The van der Waals surface area contributed by atoms with Crippen LogP contribution in [0.15, 0.2) is 42.5 Å². The third-order valence-corrected chi connectivity index (χ3v) is 4.50. The molecule has 1 aliphatic heterocycles. The van der Waals surface area contributed by atoms with Crippen molar-refractivity contribution in [2.75, 3.05) is 30.4 Å². The van der Waals surface area contributed by atoms with Gasteiger partial charge in [0.1, 0.15) is 0 Å². The molecule has 0 atom stereocenters. The number of amides is 2. The lowest BCUT2D eigenvalue weighted by Gasteiger charge is -2.22. The first-order chi connectivity index (χ1) is 12.6. The minimum absolute atomic E-state index is 0.226. The van der Waals surface area contributed by atoms with Gasteiger partial charge in [0.05, 0.1) is 18.0 Å². The molecule has 0 saturated carbocycles. The number of primary amides is 1. The number of carbonyl (C=O) groups is 2. The van der Waals surface area contributed by atoms with E-state index in [1.807, 2.05) is 18.2 Å². The van der Waals surface area contributed by atoms with Crippen LogP contribution in [0.4, 0.5) is 11.4 Å². The largest absolute Gasteiger partial charge is 0.380 e. The highest BCUT2D eigenvalue weighted by Crippen LogP contribution is 2.30. The standard InChI is InChI=1S/C20H23N3O3/c1-26-13-14-4-6-15(7-5-14)20(25)22-17-12-16(19(21)24)8-9-18(17)23-10-2-3-11-23/h4-9,12H,2-3,10-11,13H2,1H3,(H2,21,24)(H,22,25). The molecule has 1 aliphatic rings. The van der Waals surface area contributed by atoms with Crippen molar-refractivity contribution in [2.24, 2.45) is 5.73 Å². The van der Waals surface area contributed by atoms with Crippen LogP contribution in [-0.2, 0) is 11.3 Å². The van der Waals surface area contributed by atoms with E-state index < -0.39 is 5.91 Å². The van der Waals surface area contributed by atoms with Crippen molar-refractivity contribution < 1.29 is 14.3 Å². The minimum Gasteiger partial charge on any atom is -0.380 e. The number of nitrogens with one attached hydrogen (secondary N) is 1. The zero-order valence-corrected chi connectivity index (χ0v) is 14.8. The first-order valence-electron chi connectivity index (χ1n) is 8.66. The van der Waals surface area contributed by atoms with Crippen LogP contribution in [0.3, 0.4) is 0 Å². The maximum atomic E-state index is 12.7. The van der Waals surface area contributed by atoms with Crippen molar-refractivity contribution in [1.29, 1.82) is 0 Å². The summed E-state index contributed by atoms with van der Waals surface area (Å²) < 4.78 is 5.08. The molecule has 3 rings (SSSR count). The topological polar surface area (TPSA) is 84.7 Å². The number of hydrogen-bond donors (Lipinski definition) is 2. The lowest BCUT2D eigenvalue weighted by Crippen LogP contribution is -2.22. The zero-order chi connectivity index (χ0) is 18.5. The number of anilines is 2. The van der Waals surface area contributed by atoms with Crippen LogP contribution < -0.4 is 16.0 Å². The summed E-state index contributed by atoms with van der Waals surface area (Å²) >= 11 is 0. The molecule has 1 fully saturated rings. The molecule has 26 heavy (non-hydrogen) atoms. The fourth-order valence-electron chi connectivity index (χ4n) is 3.14. The Kier molecular flexibility index (Phi) is 5.53. The van der Waals surface area contributed by atoms with Crippen LogP contribution in [-0.4, -0.2) is 32.0 Å². The van der Waals surface area contributed by atoms with Gasteiger partial charge < -0.3 is 20.7 Å². The molecule has 2 aromatic rings. The van der Waals surface area contributed by atoms with E-state index in [1.54, 1.807) is 31.4 Å². The number of nitrogens with two attached hydrogens (primary N) is 1. The second-order valence-electron chi connectivity index (χ2n) is 6.37. The van der Waals surface area contributed by atoms with Gasteiger partial charge in [0.15, 0.2) is 0 Å². The summed E-state index contributed by atoms with van der Waals surface area (Å²) in [6.07, 6.45) is 2.23. The fourth-order valence-corrected chi connectivity index (χ4v) is 3.14. The fraction of sp³-hybridized carbons (Fsp3) is 0.300. The number of rotatable bonds is 6. The van der Waals surface area contributed by atoms with Crippen LogP contribution in [0.2, 0.25) is 0 Å². The maximum Gasteiger partial charge on any atom is 0.255 e. The summed E-state index contributed by atoms with van der Waals surface area (Å²) in [5.41, 5.74) is 8.83. The molecular weight excluding hydrogens is 330 g/mol. The van der Waals surface area contributed by atoms with Crippen molar-refractivity contribution in [3.8, 4) is 0 Å². The molecule has 0 radical (unpaired) electrons. The molecule has 136 valence electrons. The predicted molar refractivity (Wildman–Crippen MR) is 102 cm³/mol. The quantitative estimate of drug-likeness (QED) is 0.836. The summed E-state index contributed by atoms with van der Waals surface area (Å²) in [7, 11) is 1.63. The van der Waals surface area contributed by atoms with Crippen molar-refractivity contribution >= 4 is 23.2 Å². The van der Waals surface area contributed by atoms with E-state index in [0.717, 1.165) is 37.2 Å². The van der Waals surface area contributed by atoms with Crippen LogP contribution in [0.5, 0.6) is 0 Å². The zero-order valence-electron chi connectivity index (χ0n) is 14.8. The second kappa shape index (κ2) is 8.01. The van der Waals surface area contributed by atoms with E-state index in [-0.39, 0.29) is 5.91 Å². The average molecular weight is 353 g/mol. The first kappa shape index (κ1) is 17.9. The van der Waals surface area contributed by atoms with Gasteiger partial charge in [0.2, 0.25) is 5.91 Å². The Hall–Kier alpha value is -2.86. The monoisotopic (exact) mass is 353 g/mol. The van der Waals surface area contributed by atoms with Gasteiger partial charge in [-0.15, -0.1) is 0 Å². The molecule has 6 nitrogen and oxygen atoms in total. The molecule has 1 heterocycles. The predicted octanol–water partition coefficient (Wildman–Crippen LogP) is 2.78. The molecule has 0 aromatic heterocycles. The highest BCUT2D eigenvalue weighted by Gasteiger charge is 2.19. The molecule has 2 aromatic carbocycles. The highest BCUT2D eigenvalue weighted by atomic mass is 16.5. The Morgan fingerprint density at radius 3 is 2.35 bits per heavy atom. The van der Waals surface area contributed by atoms with E-state index in [4.69, 9.17) is 10.5 Å². The summed E-state index contributed by atoms with van der Waals surface area (Å²) in [6, 6.07) is 12.4. The number of benzene rings is 2. The normalized spacial score (nSPS) is 13.7. The molecule has 0 aliphatic carbocycles. The molecular formula is C20H23N3O3. The Bertz CT molecular complexity index is 796. The lowest BCUT2D eigenvalue weighted by molar-refractivity contribution is 0.0996. The third kappa shape index (κ3) is 4.03. The molecule has 3 N–H and O–H groups in total. The molecule has 0 bridgehead atoms. The van der Waals surface area contributed by atoms with Crippen LogP contribution in [0.1, 0.15) is 39.1 Å². The SMILES string of the molecule is COCc1ccc(C(=O)Nc2cc(C(N)=O)ccc2N2CCCC2)cc1. The van der Waals surface area contributed by atoms with E-state index in [9.17, 15) is 9.59 Å². The summed E-state index contributed by atoms with van der Waals surface area (Å²) in [5.74, 6) is -0.742. The first-order valence-corrected chi connectivity index (χ1v) is 8.66. The van der Waals surface area contributed by atoms with Crippen molar-refractivity contribution in [1.82, 2.24) is 0 Å². The Labute approximate surface area is 152 Å². The molecule has 0 unspecified atom stereocenters. The van der Waals surface area contributed by atoms with Crippen molar-refractivity contribution in [3.63, 3.8) is 0 Å². The van der Waals surface area contributed by atoms with Gasteiger partial charge in [-0.05, 0) is 48.7 Å². The minimum atomic E-state index is -0.516. The molecule has 1 saturated heterocycles. The van der Waals surface area contributed by atoms with Gasteiger partial charge >= 0.3 is 0 Å². The van der Waals surface area contributed by atoms with Crippen molar-refractivity contribution in [2.45, 2.75) is 19.4 Å². The number of hydrogen-bond acceptors (Lipinski definition) is 4. The molecule has 0 spiro atoms. The van der Waals surface area contributed by atoms with E-state index >= 15 is 0 Å². The number of nitrogens with zero attached hydrogens (tertiary/aromatic N) is 1.